The molecule has 162 valence electrons. The van der Waals surface area contributed by atoms with E-state index in [9.17, 15) is 0 Å². The molecule has 1 heterocycles. The predicted molar refractivity (Wildman–Crippen MR) is 126 cm³/mol. The zero-order chi connectivity index (χ0) is 21.1. The number of hydrogen-bond acceptors (Lipinski definition) is 5. The van der Waals surface area contributed by atoms with Gasteiger partial charge in [-0.2, -0.15) is 0 Å². The first kappa shape index (κ1) is 21.2. The molecule has 0 saturated heterocycles. The molecule has 2 N–H and O–H groups in total. The summed E-state index contributed by atoms with van der Waals surface area (Å²) in [5.74, 6) is 1.83. The van der Waals surface area contributed by atoms with Crippen LogP contribution in [-0.4, -0.2) is 39.4 Å². The van der Waals surface area contributed by atoms with Gasteiger partial charge in [-0.1, -0.05) is 54.6 Å². The van der Waals surface area contributed by atoms with Gasteiger partial charge >= 0.3 is 0 Å². The van der Waals surface area contributed by atoms with Crippen molar-refractivity contribution in [2.24, 2.45) is 0 Å². The number of rotatable bonds is 1. The summed E-state index contributed by atoms with van der Waals surface area (Å²) in [5.41, 5.74) is 3.58. The summed E-state index contributed by atoms with van der Waals surface area (Å²) >= 11 is 0. The number of para-hydroxylation sites is 3. The molecule has 3 aromatic rings. The lowest BCUT2D eigenvalue weighted by molar-refractivity contribution is 0.214. The van der Waals surface area contributed by atoms with Crippen molar-refractivity contribution in [1.29, 1.82) is 0 Å². The van der Waals surface area contributed by atoms with Crippen LogP contribution in [0.3, 0.4) is 0 Å². The molecule has 5 heteroatoms. The highest BCUT2D eigenvalue weighted by Crippen LogP contribution is 2.20. The van der Waals surface area contributed by atoms with Crippen molar-refractivity contribution >= 4 is 5.69 Å². The van der Waals surface area contributed by atoms with Crippen molar-refractivity contribution in [3.05, 3.63) is 90.0 Å². The van der Waals surface area contributed by atoms with Crippen LogP contribution in [0.15, 0.2) is 78.9 Å². The highest BCUT2D eigenvalue weighted by molar-refractivity contribution is 5.46. The molecule has 0 aliphatic carbocycles. The third-order valence-corrected chi connectivity index (χ3v) is 5.41. The predicted octanol–water partition coefficient (Wildman–Crippen LogP) is 3.84. The molecule has 0 fully saturated rings. The standard InChI is InChI=1S/C26H31N3O2/c1-2-10-24(11-3-1)29-16-14-27-20-22-8-4-6-12-25(22)30-18-19-31-26-13-7-5-9-23(26)21-28-15-17-29/h1-13,27-28H,14-21H2. The van der Waals surface area contributed by atoms with E-state index in [1.807, 2.05) is 24.3 Å². The summed E-state index contributed by atoms with van der Waals surface area (Å²) in [6, 6.07) is 27.0. The number of anilines is 1. The van der Waals surface area contributed by atoms with Crippen LogP contribution >= 0.6 is 0 Å². The maximum absolute atomic E-state index is 6.03. The maximum Gasteiger partial charge on any atom is 0.123 e. The smallest absolute Gasteiger partial charge is 0.123 e. The van der Waals surface area contributed by atoms with E-state index in [0.29, 0.717) is 13.2 Å². The summed E-state index contributed by atoms with van der Waals surface area (Å²) in [7, 11) is 0. The Kier molecular flexibility index (Phi) is 7.80. The molecule has 0 aromatic heterocycles. The van der Waals surface area contributed by atoms with Crippen LogP contribution in [0.4, 0.5) is 5.69 Å². The maximum atomic E-state index is 6.03. The molecule has 1 aliphatic heterocycles. The van der Waals surface area contributed by atoms with E-state index >= 15 is 0 Å². The number of nitrogens with one attached hydrogen (secondary N) is 2. The van der Waals surface area contributed by atoms with E-state index < -0.39 is 0 Å². The van der Waals surface area contributed by atoms with Crippen LogP contribution in [0.25, 0.3) is 0 Å². The Bertz CT molecular complexity index is 875. The van der Waals surface area contributed by atoms with Gasteiger partial charge < -0.3 is 25.0 Å². The second-order valence-corrected chi connectivity index (χ2v) is 7.59. The lowest BCUT2D eigenvalue weighted by Gasteiger charge is -2.25. The third-order valence-electron chi connectivity index (χ3n) is 5.41. The average molecular weight is 418 g/mol. The quantitative estimate of drug-likeness (QED) is 0.630. The molecule has 0 bridgehead atoms. The first-order valence-corrected chi connectivity index (χ1v) is 11.0. The molecule has 0 spiro atoms. The lowest BCUT2D eigenvalue weighted by atomic mass is 10.2. The minimum absolute atomic E-state index is 0.514. The topological polar surface area (TPSA) is 45.8 Å². The second kappa shape index (κ2) is 11.4. The van der Waals surface area contributed by atoms with E-state index in [1.165, 1.54) is 16.8 Å². The normalized spacial score (nSPS) is 16.2. The fraction of sp³-hybridized carbons (Fsp3) is 0.308. The highest BCUT2D eigenvalue weighted by atomic mass is 16.5. The molecule has 5 nitrogen and oxygen atoms in total. The van der Waals surface area contributed by atoms with E-state index in [0.717, 1.165) is 50.8 Å². The van der Waals surface area contributed by atoms with Gasteiger partial charge in [0.2, 0.25) is 0 Å². The monoisotopic (exact) mass is 417 g/mol. The third kappa shape index (κ3) is 6.23. The van der Waals surface area contributed by atoms with Gasteiger partial charge in [0.25, 0.3) is 0 Å². The van der Waals surface area contributed by atoms with Crippen LogP contribution < -0.4 is 25.0 Å². The molecule has 1 aliphatic rings. The van der Waals surface area contributed by atoms with Crippen LogP contribution in [0, 0.1) is 0 Å². The first-order chi connectivity index (χ1) is 15.4. The van der Waals surface area contributed by atoms with Crippen molar-refractivity contribution in [2.45, 2.75) is 13.1 Å². The Morgan fingerprint density at radius 1 is 0.581 bits per heavy atom. The Balaban J connectivity index is 1.49. The van der Waals surface area contributed by atoms with Gasteiger partial charge in [-0.15, -0.1) is 0 Å². The minimum atomic E-state index is 0.514. The minimum Gasteiger partial charge on any atom is -0.490 e. The second-order valence-electron chi connectivity index (χ2n) is 7.59. The van der Waals surface area contributed by atoms with Gasteiger partial charge in [-0.05, 0) is 24.3 Å². The summed E-state index contributed by atoms with van der Waals surface area (Å²) < 4.78 is 12.1. The number of nitrogens with zero attached hydrogens (tertiary/aromatic N) is 1. The number of benzene rings is 3. The van der Waals surface area contributed by atoms with Crippen LogP contribution in [0.5, 0.6) is 11.5 Å². The number of ether oxygens (including phenoxy) is 2. The van der Waals surface area contributed by atoms with Gasteiger partial charge in [0, 0.05) is 56.1 Å². The summed E-state index contributed by atoms with van der Waals surface area (Å²) in [6.07, 6.45) is 0. The van der Waals surface area contributed by atoms with Crippen LogP contribution in [-0.2, 0) is 13.1 Å². The largest absolute Gasteiger partial charge is 0.490 e. The molecule has 31 heavy (non-hydrogen) atoms. The van der Waals surface area contributed by atoms with E-state index in [-0.39, 0.29) is 0 Å². The molecule has 0 atom stereocenters. The Morgan fingerprint density at radius 3 is 1.61 bits per heavy atom. The molecule has 0 unspecified atom stereocenters. The summed E-state index contributed by atoms with van der Waals surface area (Å²) in [6.45, 7) is 6.26. The van der Waals surface area contributed by atoms with Gasteiger partial charge in [0.15, 0.2) is 0 Å². The van der Waals surface area contributed by atoms with Crippen LogP contribution in [0.2, 0.25) is 0 Å². The molecular formula is C26H31N3O2. The number of fused-ring (bicyclic) bond motifs is 2. The highest BCUT2D eigenvalue weighted by Gasteiger charge is 2.09. The average Bonchev–Trinajstić information content (AvgIpc) is 2.82. The van der Waals surface area contributed by atoms with E-state index in [2.05, 4.69) is 70.1 Å². The van der Waals surface area contributed by atoms with E-state index in [1.54, 1.807) is 0 Å². The van der Waals surface area contributed by atoms with E-state index in [4.69, 9.17) is 9.47 Å². The lowest BCUT2D eigenvalue weighted by Crippen LogP contribution is -2.36. The fourth-order valence-corrected chi connectivity index (χ4v) is 3.77. The van der Waals surface area contributed by atoms with Gasteiger partial charge in [-0.3, -0.25) is 0 Å². The Labute approximate surface area is 185 Å². The summed E-state index contributed by atoms with van der Waals surface area (Å²) in [4.78, 5) is 2.42. The molecule has 0 amide bonds. The van der Waals surface area contributed by atoms with Crippen molar-refractivity contribution in [2.75, 3.05) is 44.3 Å². The fourth-order valence-electron chi connectivity index (χ4n) is 3.77. The van der Waals surface area contributed by atoms with Crippen molar-refractivity contribution < 1.29 is 9.47 Å². The van der Waals surface area contributed by atoms with Crippen molar-refractivity contribution in [3.8, 4) is 11.5 Å². The Morgan fingerprint density at radius 2 is 1.06 bits per heavy atom. The van der Waals surface area contributed by atoms with Crippen molar-refractivity contribution in [3.63, 3.8) is 0 Å². The van der Waals surface area contributed by atoms with Gasteiger partial charge in [0.05, 0.1) is 0 Å². The molecule has 0 saturated carbocycles. The first-order valence-electron chi connectivity index (χ1n) is 11.0. The molecule has 4 rings (SSSR count). The van der Waals surface area contributed by atoms with Crippen molar-refractivity contribution in [1.82, 2.24) is 10.6 Å². The van der Waals surface area contributed by atoms with Gasteiger partial charge in [0.1, 0.15) is 24.7 Å². The zero-order valence-corrected chi connectivity index (χ0v) is 17.9. The molecular weight excluding hydrogens is 386 g/mol. The van der Waals surface area contributed by atoms with Gasteiger partial charge in [-0.25, -0.2) is 0 Å². The molecule has 0 radical (unpaired) electrons. The SMILES string of the molecule is c1ccc(N2CCNCc3ccccc3OCCOc3ccccc3CNCC2)cc1. The zero-order valence-electron chi connectivity index (χ0n) is 17.9. The number of hydrogen-bond donors (Lipinski definition) is 2. The molecule has 3 aromatic carbocycles. The Hall–Kier alpha value is -3.02. The summed E-state index contributed by atoms with van der Waals surface area (Å²) in [5, 5.41) is 7.15. The van der Waals surface area contributed by atoms with Crippen LogP contribution in [0.1, 0.15) is 11.1 Å².